The van der Waals surface area contributed by atoms with Crippen molar-refractivity contribution in [3.05, 3.63) is 70.9 Å². The summed E-state index contributed by atoms with van der Waals surface area (Å²) in [6.45, 7) is 5.78. The van der Waals surface area contributed by atoms with Gasteiger partial charge in [0.1, 0.15) is 11.7 Å². The minimum absolute atomic E-state index is 0.0753. The van der Waals surface area contributed by atoms with Gasteiger partial charge < -0.3 is 35.6 Å². The van der Waals surface area contributed by atoms with Gasteiger partial charge in [-0.05, 0) is 63.4 Å². The monoisotopic (exact) mass is 578 g/mol. The summed E-state index contributed by atoms with van der Waals surface area (Å²) in [4.78, 5) is 43.2. The second-order valence-corrected chi connectivity index (χ2v) is 10.8. The van der Waals surface area contributed by atoms with Crippen molar-refractivity contribution in [3.8, 4) is 5.75 Å². The number of carboxylic acid groups (broad SMARTS) is 2. The number of amides is 2. The van der Waals surface area contributed by atoms with Gasteiger partial charge in [0.2, 0.25) is 0 Å². The number of methoxy groups -OCH3 is 1. The number of ether oxygens (including phenoxy) is 1. The van der Waals surface area contributed by atoms with E-state index in [4.69, 9.17) is 4.74 Å². The van der Waals surface area contributed by atoms with Crippen molar-refractivity contribution < 1.29 is 34.4 Å². The number of aliphatic imine (C=N–C) groups is 1. The van der Waals surface area contributed by atoms with Crippen LogP contribution in [-0.4, -0.2) is 77.2 Å². The van der Waals surface area contributed by atoms with Crippen molar-refractivity contribution in [1.82, 2.24) is 10.2 Å². The molecule has 2 aromatic rings. The number of aliphatic hydroxyl groups is 1. The molecule has 2 unspecified atom stereocenters. The number of likely N-dealkylation sites (tertiary alicyclic amines) is 1. The van der Waals surface area contributed by atoms with E-state index in [1.165, 1.54) is 0 Å². The van der Waals surface area contributed by atoms with Gasteiger partial charge >= 0.3 is 18.0 Å². The third-order valence-electron chi connectivity index (χ3n) is 8.06. The van der Waals surface area contributed by atoms with E-state index in [2.05, 4.69) is 20.5 Å². The fourth-order valence-electron chi connectivity index (χ4n) is 5.93. The summed E-state index contributed by atoms with van der Waals surface area (Å²) in [5.41, 5.74) is 1.27. The van der Waals surface area contributed by atoms with Gasteiger partial charge in [-0.25, -0.2) is 9.59 Å². The largest absolute Gasteiger partial charge is 0.496 e. The van der Waals surface area contributed by atoms with Crippen molar-refractivity contribution >= 4 is 29.4 Å². The Hall–Kier alpha value is -4.22. The Morgan fingerprint density at radius 2 is 1.79 bits per heavy atom. The predicted molar refractivity (Wildman–Crippen MR) is 158 cm³/mol. The second-order valence-electron chi connectivity index (χ2n) is 10.8. The molecule has 5 N–H and O–H groups in total. The maximum Gasteiger partial charge on any atom is 0.334 e. The van der Waals surface area contributed by atoms with E-state index in [0.29, 0.717) is 48.5 Å². The van der Waals surface area contributed by atoms with Crippen molar-refractivity contribution in [1.29, 1.82) is 0 Å². The number of nitrogens with zero attached hydrogens (tertiary/aromatic N) is 2. The lowest BCUT2D eigenvalue weighted by molar-refractivity contribution is -0.140. The molecule has 0 bridgehead atoms. The Balaban J connectivity index is 1.29. The van der Waals surface area contributed by atoms with Crippen LogP contribution in [0.2, 0.25) is 0 Å². The van der Waals surface area contributed by atoms with E-state index >= 15 is 0 Å². The van der Waals surface area contributed by atoms with Crippen LogP contribution >= 0.6 is 0 Å². The van der Waals surface area contributed by atoms with Gasteiger partial charge in [0.15, 0.2) is 0 Å². The van der Waals surface area contributed by atoms with E-state index in [-0.39, 0.29) is 11.3 Å². The number of benzene rings is 2. The van der Waals surface area contributed by atoms with Gasteiger partial charge in [0.05, 0.1) is 18.3 Å². The molecular formula is C31H38N4O7. The van der Waals surface area contributed by atoms with E-state index in [9.17, 15) is 29.7 Å². The first kappa shape index (κ1) is 30.7. The summed E-state index contributed by atoms with van der Waals surface area (Å²) in [7, 11) is 1.60. The average molecular weight is 579 g/mol. The minimum Gasteiger partial charge on any atom is -0.496 e. The van der Waals surface area contributed by atoms with Gasteiger partial charge in [-0.3, -0.25) is 9.79 Å². The first-order valence-corrected chi connectivity index (χ1v) is 14.0. The summed E-state index contributed by atoms with van der Waals surface area (Å²) in [6, 6.07) is 13.7. The summed E-state index contributed by atoms with van der Waals surface area (Å²) in [5, 5.41) is 36.5. The molecule has 0 aromatic heterocycles. The molecule has 224 valence electrons. The van der Waals surface area contributed by atoms with Crippen LogP contribution in [0, 0.1) is 5.92 Å². The number of carboxylic acids is 2. The minimum atomic E-state index is -1.23. The van der Waals surface area contributed by atoms with Crippen LogP contribution in [0.3, 0.4) is 0 Å². The van der Waals surface area contributed by atoms with Crippen molar-refractivity contribution in [2.45, 2.75) is 44.6 Å². The third kappa shape index (κ3) is 6.80. The summed E-state index contributed by atoms with van der Waals surface area (Å²) >= 11 is 0. The zero-order chi connectivity index (χ0) is 30.4. The molecular weight excluding hydrogens is 540 g/mol. The number of piperidine rings is 1. The SMILES string of the molecule is COc1ccccc1C1(O)CCN(CCCNC(=O)Nc2cccc(C3C(C(=O)O)=C(C)N=C(C)C3C(=O)O)c2)CC1. The number of hydrogen-bond donors (Lipinski definition) is 5. The molecule has 1 fully saturated rings. The zero-order valence-electron chi connectivity index (χ0n) is 24.1. The van der Waals surface area contributed by atoms with Crippen molar-refractivity contribution in [3.63, 3.8) is 0 Å². The number of urea groups is 1. The molecule has 2 amide bonds. The van der Waals surface area contributed by atoms with Gasteiger partial charge in [0, 0.05) is 48.2 Å². The molecule has 2 aliphatic heterocycles. The Kier molecular flexibility index (Phi) is 9.64. The molecule has 2 heterocycles. The van der Waals surface area contributed by atoms with Crippen molar-refractivity contribution in [2.24, 2.45) is 10.9 Å². The Labute approximate surface area is 244 Å². The summed E-state index contributed by atoms with van der Waals surface area (Å²) in [5.74, 6) is -3.79. The van der Waals surface area contributed by atoms with Gasteiger partial charge in [0.25, 0.3) is 0 Å². The Bertz CT molecular complexity index is 1400. The molecule has 2 aliphatic rings. The molecule has 0 spiro atoms. The standard InChI is InChI=1S/C31H38N4O7/c1-19-25(28(36)37)27(26(29(38)39)20(2)33-19)21-8-6-9-22(18-21)34-30(40)32-14-7-15-35-16-12-31(41,13-17-35)23-10-4-5-11-24(23)42-3/h4-6,8-11,18,25,27,41H,7,12-17H2,1-3H3,(H,36,37)(H,38,39)(H2,32,34,40). The zero-order valence-corrected chi connectivity index (χ0v) is 24.1. The number of allylic oxidation sites excluding steroid dienone is 1. The number of rotatable bonds is 10. The number of anilines is 1. The third-order valence-corrected chi connectivity index (χ3v) is 8.06. The second kappa shape index (κ2) is 13.2. The highest BCUT2D eigenvalue weighted by Gasteiger charge is 2.41. The van der Waals surface area contributed by atoms with Crippen LogP contribution in [0.1, 0.15) is 50.2 Å². The number of hydrogen-bond acceptors (Lipinski definition) is 7. The van der Waals surface area contributed by atoms with Gasteiger partial charge in [-0.1, -0.05) is 30.3 Å². The lowest BCUT2D eigenvalue weighted by atomic mass is 9.75. The molecule has 0 saturated carbocycles. The molecule has 2 aromatic carbocycles. The molecule has 11 nitrogen and oxygen atoms in total. The average Bonchev–Trinajstić information content (AvgIpc) is 2.95. The van der Waals surface area contributed by atoms with E-state index < -0.39 is 35.4 Å². The van der Waals surface area contributed by atoms with Crippen LogP contribution in [-0.2, 0) is 15.2 Å². The van der Waals surface area contributed by atoms with E-state index in [0.717, 1.165) is 25.2 Å². The molecule has 0 aliphatic carbocycles. The highest BCUT2D eigenvalue weighted by molar-refractivity contribution is 6.06. The molecule has 4 rings (SSSR count). The lowest BCUT2D eigenvalue weighted by Gasteiger charge is -2.39. The van der Waals surface area contributed by atoms with Crippen LogP contribution in [0.4, 0.5) is 10.5 Å². The lowest BCUT2D eigenvalue weighted by Crippen LogP contribution is -2.43. The molecule has 42 heavy (non-hydrogen) atoms. The summed E-state index contributed by atoms with van der Waals surface area (Å²) < 4.78 is 5.44. The first-order chi connectivity index (χ1) is 20.0. The Morgan fingerprint density at radius 1 is 1.07 bits per heavy atom. The molecule has 11 heteroatoms. The van der Waals surface area contributed by atoms with Crippen LogP contribution in [0.15, 0.2) is 64.8 Å². The van der Waals surface area contributed by atoms with Crippen molar-refractivity contribution in [2.75, 3.05) is 38.6 Å². The van der Waals surface area contributed by atoms with Crippen LogP contribution in [0.25, 0.3) is 0 Å². The predicted octanol–water partition coefficient (Wildman–Crippen LogP) is 3.81. The molecule has 0 radical (unpaired) electrons. The summed E-state index contributed by atoms with van der Waals surface area (Å²) in [6.07, 6.45) is 1.89. The fraction of sp³-hybridized carbons (Fsp3) is 0.419. The molecule has 2 atom stereocenters. The normalized spacial score (nSPS) is 20.4. The van der Waals surface area contributed by atoms with E-state index in [1.54, 1.807) is 45.2 Å². The number of carbonyl (C=O) groups excluding carboxylic acids is 1. The van der Waals surface area contributed by atoms with Crippen LogP contribution in [0.5, 0.6) is 5.75 Å². The first-order valence-electron chi connectivity index (χ1n) is 14.0. The van der Waals surface area contributed by atoms with Crippen LogP contribution < -0.4 is 15.4 Å². The van der Waals surface area contributed by atoms with Gasteiger partial charge in [-0.15, -0.1) is 0 Å². The smallest absolute Gasteiger partial charge is 0.334 e. The number of nitrogens with one attached hydrogen (secondary N) is 2. The van der Waals surface area contributed by atoms with E-state index in [1.807, 2.05) is 24.3 Å². The molecule has 1 saturated heterocycles. The highest BCUT2D eigenvalue weighted by atomic mass is 16.5. The number of aliphatic carboxylic acids is 2. The highest BCUT2D eigenvalue weighted by Crippen LogP contribution is 2.40. The Morgan fingerprint density at radius 3 is 2.45 bits per heavy atom. The maximum atomic E-state index is 12.6. The number of para-hydroxylation sites is 1. The van der Waals surface area contributed by atoms with Gasteiger partial charge in [-0.2, -0.15) is 0 Å². The topological polar surface area (TPSA) is 161 Å². The number of carbonyl (C=O) groups is 3. The fourth-order valence-corrected chi connectivity index (χ4v) is 5.93. The quantitative estimate of drug-likeness (QED) is 0.266. The maximum absolute atomic E-state index is 12.6.